The van der Waals surface area contributed by atoms with Crippen LogP contribution in [0.1, 0.15) is 41.5 Å². The average molecular weight is 406 g/mol. The molecule has 1 atom stereocenters. The van der Waals surface area contributed by atoms with Crippen molar-refractivity contribution in [2.24, 2.45) is 0 Å². The molecule has 5 rings (SSSR count). The topological polar surface area (TPSA) is 82.8 Å². The van der Waals surface area contributed by atoms with Gasteiger partial charge < -0.3 is 9.80 Å². The zero-order valence-corrected chi connectivity index (χ0v) is 17.2. The van der Waals surface area contributed by atoms with Gasteiger partial charge in [-0.25, -0.2) is 9.97 Å². The van der Waals surface area contributed by atoms with E-state index in [9.17, 15) is 4.79 Å². The van der Waals surface area contributed by atoms with Crippen molar-refractivity contribution >= 4 is 17.5 Å². The summed E-state index contributed by atoms with van der Waals surface area (Å²) in [5.74, 6) is 1.65. The molecular formula is C21H26N8O. The maximum atomic E-state index is 13.0. The van der Waals surface area contributed by atoms with E-state index in [1.165, 1.54) is 6.42 Å². The molecule has 0 aromatic carbocycles. The molecule has 2 aliphatic rings. The summed E-state index contributed by atoms with van der Waals surface area (Å²) in [6.07, 6.45) is 8.79. The Labute approximate surface area is 175 Å². The van der Waals surface area contributed by atoms with Crippen LogP contribution in [0.5, 0.6) is 0 Å². The maximum absolute atomic E-state index is 13.0. The molecule has 0 bridgehead atoms. The molecule has 0 saturated carbocycles. The smallest absolute Gasteiger partial charge is 0.255 e. The lowest BCUT2D eigenvalue weighted by molar-refractivity contribution is 0.0723. The molecule has 0 radical (unpaired) electrons. The quantitative estimate of drug-likeness (QED) is 0.654. The molecule has 156 valence electrons. The highest BCUT2D eigenvalue weighted by Crippen LogP contribution is 2.25. The van der Waals surface area contributed by atoms with Crippen molar-refractivity contribution in [2.75, 3.05) is 44.7 Å². The summed E-state index contributed by atoms with van der Waals surface area (Å²) in [7, 11) is 2.09. The minimum atomic E-state index is 0.0258. The number of piperazine rings is 1. The highest BCUT2D eigenvalue weighted by atomic mass is 16.2. The number of fused-ring (bicyclic) bond motifs is 1. The summed E-state index contributed by atoms with van der Waals surface area (Å²) >= 11 is 0. The molecule has 0 spiro atoms. The summed E-state index contributed by atoms with van der Waals surface area (Å²) in [6, 6.07) is 5.59. The molecule has 1 amide bonds. The van der Waals surface area contributed by atoms with Crippen LogP contribution in [0.25, 0.3) is 5.65 Å². The van der Waals surface area contributed by atoms with Crippen LogP contribution >= 0.6 is 0 Å². The van der Waals surface area contributed by atoms with E-state index in [1.54, 1.807) is 12.4 Å². The van der Waals surface area contributed by atoms with Gasteiger partial charge in [0, 0.05) is 51.3 Å². The van der Waals surface area contributed by atoms with Crippen molar-refractivity contribution in [1.29, 1.82) is 0 Å². The molecule has 0 aliphatic carbocycles. The van der Waals surface area contributed by atoms with Crippen LogP contribution < -0.4 is 4.90 Å². The van der Waals surface area contributed by atoms with Crippen molar-refractivity contribution in [3.8, 4) is 0 Å². The Morgan fingerprint density at radius 3 is 2.60 bits per heavy atom. The molecular weight excluding hydrogens is 380 g/mol. The van der Waals surface area contributed by atoms with Crippen molar-refractivity contribution in [3.63, 3.8) is 0 Å². The van der Waals surface area contributed by atoms with E-state index in [0.717, 1.165) is 56.4 Å². The SMILES string of the molecule is CN1CCN(c2ncccn2)CC1c1nnc2ccc(C(=O)N3CCCCC3)cn12. The van der Waals surface area contributed by atoms with Crippen LogP contribution in [0, 0.1) is 0 Å². The van der Waals surface area contributed by atoms with Gasteiger partial charge >= 0.3 is 0 Å². The summed E-state index contributed by atoms with van der Waals surface area (Å²) in [6.45, 7) is 4.11. The minimum absolute atomic E-state index is 0.0258. The number of hydrogen-bond acceptors (Lipinski definition) is 7. The summed E-state index contributed by atoms with van der Waals surface area (Å²) < 4.78 is 1.97. The number of carbonyl (C=O) groups excluding carboxylic acids is 1. The van der Waals surface area contributed by atoms with Gasteiger partial charge in [0.25, 0.3) is 5.91 Å². The lowest BCUT2D eigenvalue weighted by atomic mass is 10.1. The first-order valence-corrected chi connectivity index (χ1v) is 10.6. The van der Waals surface area contributed by atoms with E-state index in [0.29, 0.717) is 12.1 Å². The predicted octanol–water partition coefficient (Wildman–Crippen LogP) is 1.64. The number of anilines is 1. The Balaban J connectivity index is 1.45. The number of likely N-dealkylation sites (tertiary alicyclic amines) is 1. The molecule has 3 aromatic heterocycles. The third-order valence-electron chi connectivity index (χ3n) is 6.10. The molecule has 9 nitrogen and oxygen atoms in total. The van der Waals surface area contributed by atoms with Crippen LogP contribution in [-0.4, -0.2) is 80.0 Å². The zero-order valence-electron chi connectivity index (χ0n) is 17.2. The lowest BCUT2D eigenvalue weighted by Gasteiger charge is -2.38. The molecule has 3 aromatic rings. The van der Waals surface area contributed by atoms with E-state index in [-0.39, 0.29) is 11.9 Å². The number of amides is 1. The molecule has 2 fully saturated rings. The molecule has 0 N–H and O–H groups in total. The normalized spacial score (nSPS) is 20.6. The summed E-state index contributed by atoms with van der Waals surface area (Å²) in [5, 5.41) is 8.84. The largest absolute Gasteiger partial charge is 0.339 e. The van der Waals surface area contributed by atoms with Crippen LogP contribution in [0.3, 0.4) is 0 Å². The van der Waals surface area contributed by atoms with Gasteiger partial charge in [0.05, 0.1) is 11.6 Å². The van der Waals surface area contributed by atoms with Crippen LogP contribution in [0.2, 0.25) is 0 Å². The number of piperidine rings is 1. The van der Waals surface area contributed by atoms with E-state index < -0.39 is 0 Å². The molecule has 9 heteroatoms. The zero-order chi connectivity index (χ0) is 20.5. The fraction of sp³-hybridized carbons (Fsp3) is 0.476. The highest BCUT2D eigenvalue weighted by molar-refractivity contribution is 5.94. The first-order valence-electron chi connectivity index (χ1n) is 10.6. The summed E-state index contributed by atoms with van der Waals surface area (Å²) in [5.41, 5.74) is 1.44. The first-order chi connectivity index (χ1) is 14.7. The van der Waals surface area contributed by atoms with E-state index in [1.807, 2.05) is 33.7 Å². The Hall–Kier alpha value is -3.07. The molecule has 1 unspecified atom stereocenters. The molecule has 5 heterocycles. The number of likely N-dealkylation sites (N-methyl/N-ethyl adjacent to an activating group) is 1. The van der Waals surface area contributed by atoms with Gasteiger partial charge in [-0.05, 0) is 44.5 Å². The minimum Gasteiger partial charge on any atom is -0.339 e. The number of aromatic nitrogens is 5. The van der Waals surface area contributed by atoms with Gasteiger partial charge in [0.15, 0.2) is 11.5 Å². The van der Waals surface area contributed by atoms with Gasteiger partial charge in [-0.2, -0.15) is 0 Å². The van der Waals surface area contributed by atoms with Gasteiger partial charge in [-0.1, -0.05) is 0 Å². The van der Waals surface area contributed by atoms with Crippen molar-refractivity contribution in [3.05, 3.63) is 48.2 Å². The molecule has 2 saturated heterocycles. The number of rotatable bonds is 3. The second-order valence-electron chi connectivity index (χ2n) is 8.05. The maximum Gasteiger partial charge on any atom is 0.255 e. The van der Waals surface area contributed by atoms with Gasteiger partial charge in [0.1, 0.15) is 0 Å². The Bertz CT molecular complexity index is 1030. The Morgan fingerprint density at radius 2 is 1.80 bits per heavy atom. The summed E-state index contributed by atoms with van der Waals surface area (Å²) in [4.78, 5) is 28.2. The predicted molar refractivity (Wildman–Crippen MR) is 112 cm³/mol. The van der Waals surface area contributed by atoms with Crippen molar-refractivity contribution in [1.82, 2.24) is 34.4 Å². The second-order valence-corrected chi connectivity index (χ2v) is 8.05. The Kier molecular flexibility index (Phi) is 5.04. The second kappa shape index (κ2) is 7.98. The fourth-order valence-electron chi connectivity index (χ4n) is 4.33. The van der Waals surface area contributed by atoms with Crippen molar-refractivity contribution in [2.45, 2.75) is 25.3 Å². The fourth-order valence-corrected chi connectivity index (χ4v) is 4.33. The molecule has 30 heavy (non-hydrogen) atoms. The third-order valence-corrected chi connectivity index (χ3v) is 6.10. The van der Waals surface area contributed by atoms with E-state index in [4.69, 9.17) is 0 Å². The number of pyridine rings is 1. The van der Waals surface area contributed by atoms with Crippen LogP contribution in [-0.2, 0) is 0 Å². The third kappa shape index (κ3) is 3.49. The van der Waals surface area contributed by atoms with E-state index >= 15 is 0 Å². The standard InChI is InChI=1S/C21H26N8O/c1-26-12-13-28(21-22-8-5-9-23-21)15-17(26)19-25-24-18-7-6-16(14-29(18)19)20(30)27-10-3-2-4-11-27/h5-9,14,17H,2-4,10-13,15H2,1H3. The van der Waals surface area contributed by atoms with Crippen LogP contribution in [0.15, 0.2) is 36.8 Å². The monoisotopic (exact) mass is 406 g/mol. The number of nitrogens with zero attached hydrogens (tertiary/aromatic N) is 8. The van der Waals surface area contributed by atoms with E-state index in [2.05, 4.69) is 37.0 Å². The molecule has 2 aliphatic heterocycles. The number of hydrogen-bond donors (Lipinski definition) is 0. The lowest BCUT2D eigenvalue weighted by Crippen LogP contribution is -2.48. The van der Waals surface area contributed by atoms with Crippen molar-refractivity contribution < 1.29 is 4.79 Å². The Morgan fingerprint density at radius 1 is 1.00 bits per heavy atom. The van der Waals surface area contributed by atoms with Crippen LogP contribution in [0.4, 0.5) is 5.95 Å². The highest BCUT2D eigenvalue weighted by Gasteiger charge is 2.31. The average Bonchev–Trinajstić information content (AvgIpc) is 3.23. The number of carbonyl (C=O) groups is 1. The van der Waals surface area contributed by atoms with Gasteiger partial charge in [-0.3, -0.25) is 14.1 Å². The van der Waals surface area contributed by atoms with Gasteiger partial charge in [-0.15, -0.1) is 10.2 Å². The van der Waals surface area contributed by atoms with Gasteiger partial charge in [0.2, 0.25) is 5.95 Å². The first kappa shape index (κ1) is 18.9.